The summed E-state index contributed by atoms with van der Waals surface area (Å²) in [5, 5.41) is 14.7. The van der Waals surface area contributed by atoms with Gasteiger partial charge in [0.05, 0.1) is 18.0 Å². The van der Waals surface area contributed by atoms with Crippen LogP contribution < -0.4 is 4.74 Å². The molecular weight excluding hydrogens is 512 g/mol. The predicted molar refractivity (Wildman–Crippen MR) is 161 cm³/mol. The molecule has 41 heavy (non-hydrogen) atoms. The maximum atomic E-state index is 13.6. The van der Waals surface area contributed by atoms with Crippen LogP contribution in [0.3, 0.4) is 0 Å². The van der Waals surface area contributed by atoms with Crippen molar-refractivity contribution in [2.75, 3.05) is 13.2 Å². The number of aromatic nitrogens is 2. The van der Waals surface area contributed by atoms with Gasteiger partial charge < -0.3 is 4.74 Å². The first kappa shape index (κ1) is 29.5. The first-order chi connectivity index (χ1) is 19.8. The maximum absolute atomic E-state index is 13.6. The van der Waals surface area contributed by atoms with Gasteiger partial charge in [-0.25, -0.2) is 4.68 Å². The highest BCUT2D eigenvalue weighted by Crippen LogP contribution is 2.32. The Labute approximate surface area is 242 Å². The van der Waals surface area contributed by atoms with Crippen molar-refractivity contribution in [1.29, 1.82) is 5.26 Å². The Morgan fingerprint density at radius 2 is 1.73 bits per heavy atom. The molecule has 1 aliphatic rings. The third-order valence-electron chi connectivity index (χ3n) is 7.22. The molecule has 2 heterocycles. The fourth-order valence-electron chi connectivity index (χ4n) is 4.74. The van der Waals surface area contributed by atoms with Gasteiger partial charge in [0.1, 0.15) is 17.4 Å². The van der Waals surface area contributed by atoms with Crippen LogP contribution in [0.25, 0.3) is 23.0 Å². The summed E-state index contributed by atoms with van der Waals surface area (Å²) in [7, 11) is 0. The minimum atomic E-state index is -0.517. The summed E-state index contributed by atoms with van der Waals surface area (Å²) < 4.78 is 7.68. The molecule has 7 nitrogen and oxygen atoms in total. The molecule has 2 aromatic carbocycles. The lowest BCUT2D eigenvalue weighted by Crippen LogP contribution is -2.43. The molecule has 3 aromatic rings. The second-order valence-corrected chi connectivity index (χ2v) is 10.8. The Kier molecular flexibility index (Phi) is 9.91. The Morgan fingerprint density at radius 1 is 1.00 bits per heavy atom. The molecule has 0 aliphatic carbocycles. The molecule has 1 aliphatic heterocycles. The second-order valence-electron chi connectivity index (χ2n) is 10.8. The number of rotatable bonds is 12. The molecule has 0 unspecified atom stereocenters. The third kappa shape index (κ3) is 7.01. The number of benzene rings is 2. The van der Waals surface area contributed by atoms with Crippen molar-refractivity contribution in [2.45, 2.75) is 59.8 Å². The molecule has 0 bridgehead atoms. The van der Waals surface area contributed by atoms with E-state index in [1.807, 2.05) is 66.9 Å². The summed E-state index contributed by atoms with van der Waals surface area (Å²) in [6.07, 6.45) is 8.32. The smallest absolute Gasteiger partial charge is 0.271 e. The van der Waals surface area contributed by atoms with Gasteiger partial charge in [0.25, 0.3) is 11.8 Å². The van der Waals surface area contributed by atoms with Gasteiger partial charge >= 0.3 is 0 Å². The van der Waals surface area contributed by atoms with E-state index in [1.54, 1.807) is 17.7 Å². The number of carbonyl (C=O) groups excluding carboxylic acids is 2. The van der Waals surface area contributed by atoms with Gasteiger partial charge in [-0.15, -0.1) is 0 Å². The summed E-state index contributed by atoms with van der Waals surface area (Å²) in [5.41, 5.74) is 3.86. The highest BCUT2D eigenvalue weighted by molar-refractivity contribution is 6.19. The number of ether oxygens (including phenoxy) is 1. The quantitative estimate of drug-likeness (QED) is 0.136. The van der Waals surface area contributed by atoms with Gasteiger partial charge in [0, 0.05) is 29.4 Å². The molecule has 0 saturated heterocycles. The molecule has 0 atom stereocenters. The topological polar surface area (TPSA) is 88.2 Å². The van der Waals surface area contributed by atoms with Crippen molar-refractivity contribution in [1.82, 2.24) is 14.7 Å². The fourth-order valence-corrected chi connectivity index (χ4v) is 4.74. The average Bonchev–Trinajstić information content (AvgIpc) is 3.40. The van der Waals surface area contributed by atoms with E-state index in [2.05, 4.69) is 20.8 Å². The number of amides is 2. The maximum Gasteiger partial charge on any atom is 0.271 e. The van der Waals surface area contributed by atoms with E-state index in [0.29, 0.717) is 47.9 Å². The van der Waals surface area contributed by atoms with Gasteiger partial charge in [0.15, 0.2) is 0 Å². The highest BCUT2D eigenvalue weighted by atomic mass is 16.5. The van der Waals surface area contributed by atoms with Crippen LogP contribution in [0, 0.1) is 17.2 Å². The van der Waals surface area contributed by atoms with Gasteiger partial charge in [0.2, 0.25) is 0 Å². The van der Waals surface area contributed by atoms with E-state index in [1.165, 1.54) is 4.90 Å². The van der Waals surface area contributed by atoms with E-state index in [-0.39, 0.29) is 11.5 Å². The lowest BCUT2D eigenvalue weighted by molar-refractivity contribution is -0.140. The minimum absolute atomic E-state index is 0.00578. The Morgan fingerprint density at radius 3 is 2.39 bits per heavy atom. The number of hydrogen-bond acceptors (Lipinski definition) is 5. The molecule has 0 radical (unpaired) electrons. The minimum Gasteiger partial charge on any atom is -0.494 e. The lowest BCUT2D eigenvalue weighted by Gasteiger charge is -2.27. The molecule has 1 aromatic heterocycles. The van der Waals surface area contributed by atoms with Crippen molar-refractivity contribution < 1.29 is 14.3 Å². The van der Waals surface area contributed by atoms with Gasteiger partial charge in [-0.2, -0.15) is 10.4 Å². The second kappa shape index (κ2) is 13.8. The highest BCUT2D eigenvalue weighted by Gasteiger charge is 2.35. The van der Waals surface area contributed by atoms with Gasteiger partial charge in [-0.3, -0.25) is 14.5 Å². The summed E-state index contributed by atoms with van der Waals surface area (Å²) in [6, 6.07) is 19.6. The Balaban J connectivity index is 1.75. The number of para-hydroxylation sites is 1. The first-order valence-electron chi connectivity index (χ1n) is 14.4. The van der Waals surface area contributed by atoms with Crippen LogP contribution in [-0.2, 0) is 9.59 Å². The van der Waals surface area contributed by atoms with E-state index in [4.69, 9.17) is 9.84 Å². The van der Waals surface area contributed by atoms with Gasteiger partial charge in [-0.05, 0) is 73.7 Å². The van der Waals surface area contributed by atoms with E-state index < -0.39 is 5.91 Å². The molecule has 4 rings (SSSR count). The zero-order valence-electron chi connectivity index (χ0n) is 24.4. The van der Waals surface area contributed by atoms with Crippen molar-refractivity contribution in [3.8, 4) is 28.8 Å². The first-order valence-corrected chi connectivity index (χ1v) is 14.4. The normalized spacial score (nSPS) is 14.7. The monoisotopic (exact) mass is 550 g/mol. The number of carbonyl (C=O) groups is 2. The fraction of sp³-hybridized carbons (Fsp3) is 0.353. The summed E-state index contributed by atoms with van der Waals surface area (Å²) in [5.74, 6) is 0.456. The zero-order chi connectivity index (χ0) is 29.4. The van der Waals surface area contributed by atoms with E-state index >= 15 is 0 Å². The Hall–Kier alpha value is -4.44. The molecule has 212 valence electrons. The van der Waals surface area contributed by atoms with Crippen molar-refractivity contribution >= 4 is 17.9 Å². The molecule has 2 amide bonds. The van der Waals surface area contributed by atoms with Crippen LogP contribution in [0.15, 0.2) is 77.5 Å². The standard InChI is InChI=1S/C34H38N4O3/c1-5-6-7-11-19-37-33(39)30(25(4)31(22-35)34(37)40)21-27-23-38(28-12-9-8-10-13-28)36-32(27)26-14-16-29(17-15-26)41-20-18-24(2)3/h8-10,12-17,21,23-24H,5-7,11,18-20H2,1-4H3/b30-21+. The molecule has 0 fully saturated rings. The number of hydrogen-bond donors (Lipinski definition) is 0. The number of imide groups is 1. The van der Waals surface area contributed by atoms with Gasteiger partial charge in [-0.1, -0.05) is 58.2 Å². The molecule has 0 spiro atoms. The van der Waals surface area contributed by atoms with Crippen molar-refractivity contribution in [3.63, 3.8) is 0 Å². The van der Waals surface area contributed by atoms with Crippen LogP contribution >= 0.6 is 0 Å². The van der Waals surface area contributed by atoms with Crippen LogP contribution in [0.5, 0.6) is 5.75 Å². The number of nitriles is 1. The zero-order valence-corrected chi connectivity index (χ0v) is 24.4. The molecule has 0 N–H and O–H groups in total. The third-order valence-corrected chi connectivity index (χ3v) is 7.22. The molecule has 0 saturated carbocycles. The number of unbranched alkanes of at least 4 members (excludes halogenated alkanes) is 3. The van der Waals surface area contributed by atoms with Crippen LogP contribution in [0.2, 0.25) is 0 Å². The van der Waals surface area contributed by atoms with E-state index in [9.17, 15) is 14.9 Å². The van der Waals surface area contributed by atoms with Crippen molar-refractivity contribution in [2.24, 2.45) is 5.92 Å². The summed E-state index contributed by atoms with van der Waals surface area (Å²) in [6.45, 7) is 9.06. The average molecular weight is 551 g/mol. The van der Waals surface area contributed by atoms with Crippen molar-refractivity contribution in [3.05, 3.63) is 83.1 Å². The Bertz CT molecular complexity index is 1470. The predicted octanol–water partition coefficient (Wildman–Crippen LogP) is 7.14. The van der Waals surface area contributed by atoms with Crippen LogP contribution in [-0.4, -0.2) is 39.6 Å². The molecule has 7 heteroatoms. The summed E-state index contributed by atoms with van der Waals surface area (Å²) >= 11 is 0. The largest absolute Gasteiger partial charge is 0.494 e. The number of nitrogens with zero attached hydrogens (tertiary/aromatic N) is 4. The van der Waals surface area contributed by atoms with Crippen LogP contribution in [0.1, 0.15) is 65.4 Å². The lowest BCUT2D eigenvalue weighted by atomic mass is 9.93. The molecular formula is C34H38N4O3. The van der Waals surface area contributed by atoms with E-state index in [0.717, 1.165) is 42.7 Å². The van der Waals surface area contributed by atoms with Crippen LogP contribution in [0.4, 0.5) is 0 Å². The summed E-state index contributed by atoms with van der Waals surface area (Å²) in [4.78, 5) is 27.9. The SMILES string of the molecule is CCCCCCN1C(=O)C(C#N)=C(C)/C(=C\c2cn(-c3ccccc3)nc2-c2ccc(OCCC(C)C)cc2)C1=O.